The minimum atomic E-state index is -0.200. The van der Waals surface area contributed by atoms with Crippen LogP contribution in [-0.2, 0) is 4.79 Å². The van der Waals surface area contributed by atoms with Gasteiger partial charge in [-0.25, -0.2) is 0 Å². The number of nitrogens with zero attached hydrogens (tertiary/aromatic N) is 1. The number of methoxy groups -OCH3 is 1. The van der Waals surface area contributed by atoms with Gasteiger partial charge in [-0.1, -0.05) is 43.7 Å². The molecule has 2 aromatic rings. The van der Waals surface area contributed by atoms with E-state index in [4.69, 9.17) is 14.7 Å². The zero-order valence-electron chi connectivity index (χ0n) is 14.5. The van der Waals surface area contributed by atoms with Gasteiger partial charge >= 0.3 is 0 Å². The Morgan fingerprint density at radius 3 is 2.60 bits per heavy atom. The average molecular weight is 338 g/mol. The van der Waals surface area contributed by atoms with Gasteiger partial charge in [-0.05, 0) is 24.1 Å². The predicted octanol–water partition coefficient (Wildman–Crippen LogP) is 3.60. The van der Waals surface area contributed by atoms with Crippen LogP contribution in [0, 0.1) is 11.3 Å². The molecular formula is C20H22N2O3. The molecule has 5 heteroatoms. The highest BCUT2D eigenvalue weighted by molar-refractivity contribution is 5.78. The Labute approximate surface area is 148 Å². The maximum Gasteiger partial charge on any atom is 0.258 e. The quantitative estimate of drug-likeness (QED) is 0.798. The van der Waals surface area contributed by atoms with Crippen molar-refractivity contribution in [2.45, 2.75) is 25.8 Å². The lowest BCUT2D eigenvalue weighted by Gasteiger charge is -2.19. The lowest BCUT2D eigenvalue weighted by molar-refractivity contribution is -0.123. The van der Waals surface area contributed by atoms with Crippen LogP contribution in [0.1, 0.15) is 36.9 Å². The van der Waals surface area contributed by atoms with Crippen molar-refractivity contribution in [1.29, 1.82) is 5.26 Å². The fourth-order valence-corrected chi connectivity index (χ4v) is 2.53. The van der Waals surface area contributed by atoms with E-state index in [1.807, 2.05) is 36.4 Å². The molecule has 1 N–H and O–H groups in total. The zero-order valence-corrected chi connectivity index (χ0v) is 14.5. The number of nitrogens with one attached hydrogen (secondary N) is 1. The van der Waals surface area contributed by atoms with E-state index in [-0.39, 0.29) is 18.6 Å². The summed E-state index contributed by atoms with van der Waals surface area (Å²) < 4.78 is 10.8. The average Bonchev–Trinajstić information content (AvgIpc) is 2.66. The van der Waals surface area contributed by atoms with Crippen molar-refractivity contribution in [3.8, 4) is 17.6 Å². The molecule has 0 radical (unpaired) electrons. The molecule has 0 unspecified atom stereocenters. The smallest absolute Gasteiger partial charge is 0.258 e. The fraction of sp³-hybridized carbons (Fsp3) is 0.300. The number of benzene rings is 2. The predicted molar refractivity (Wildman–Crippen MR) is 95.4 cm³/mol. The fourth-order valence-electron chi connectivity index (χ4n) is 2.53. The first-order valence-corrected chi connectivity index (χ1v) is 8.23. The molecule has 0 aromatic heterocycles. The summed E-state index contributed by atoms with van der Waals surface area (Å²) in [4.78, 5) is 12.3. The van der Waals surface area contributed by atoms with Crippen LogP contribution in [0.3, 0.4) is 0 Å². The summed E-state index contributed by atoms with van der Waals surface area (Å²) in [6, 6.07) is 16.7. The first kappa shape index (κ1) is 18.3. The van der Waals surface area contributed by atoms with Crippen molar-refractivity contribution >= 4 is 5.91 Å². The molecule has 2 rings (SSSR count). The number of rotatable bonds is 8. The summed E-state index contributed by atoms with van der Waals surface area (Å²) in [7, 11) is 1.50. The summed E-state index contributed by atoms with van der Waals surface area (Å²) in [5.74, 6) is 0.664. The number of ether oxygens (including phenoxy) is 2. The van der Waals surface area contributed by atoms with Gasteiger partial charge in [-0.2, -0.15) is 5.26 Å². The van der Waals surface area contributed by atoms with Crippen LogP contribution in [0.5, 0.6) is 11.5 Å². The van der Waals surface area contributed by atoms with Crippen LogP contribution >= 0.6 is 0 Å². The monoisotopic (exact) mass is 338 g/mol. The Morgan fingerprint density at radius 2 is 1.96 bits per heavy atom. The van der Waals surface area contributed by atoms with E-state index in [1.54, 1.807) is 18.2 Å². The molecule has 0 bridgehead atoms. The molecule has 0 aliphatic carbocycles. The minimum Gasteiger partial charge on any atom is -0.493 e. The van der Waals surface area contributed by atoms with Crippen molar-refractivity contribution in [2.75, 3.05) is 13.7 Å². The molecule has 2 aromatic carbocycles. The largest absolute Gasteiger partial charge is 0.493 e. The molecule has 0 saturated carbocycles. The van der Waals surface area contributed by atoms with Crippen molar-refractivity contribution in [1.82, 2.24) is 5.32 Å². The SMILES string of the molecule is CCC[C@H](NC(=O)COc1ccc(C#N)cc1OC)c1ccccc1. The zero-order chi connectivity index (χ0) is 18.1. The topological polar surface area (TPSA) is 71.3 Å². The van der Waals surface area contributed by atoms with Gasteiger partial charge in [0.15, 0.2) is 18.1 Å². The van der Waals surface area contributed by atoms with E-state index in [0.717, 1.165) is 18.4 Å². The van der Waals surface area contributed by atoms with Gasteiger partial charge in [0, 0.05) is 6.07 Å². The number of carbonyl (C=O) groups is 1. The van der Waals surface area contributed by atoms with E-state index in [0.29, 0.717) is 17.1 Å². The molecule has 0 aliphatic rings. The summed E-state index contributed by atoms with van der Waals surface area (Å²) in [6.45, 7) is 1.97. The molecule has 0 aliphatic heterocycles. The Hall–Kier alpha value is -3.00. The van der Waals surface area contributed by atoms with E-state index in [9.17, 15) is 4.79 Å². The lowest BCUT2D eigenvalue weighted by Crippen LogP contribution is -2.32. The highest BCUT2D eigenvalue weighted by atomic mass is 16.5. The summed E-state index contributed by atoms with van der Waals surface area (Å²) in [6.07, 6.45) is 1.82. The summed E-state index contributed by atoms with van der Waals surface area (Å²) in [5.41, 5.74) is 1.55. The van der Waals surface area contributed by atoms with Crippen LogP contribution in [-0.4, -0.2) is 19.6 Å². The van der Waals surface area contributed by atoms with Gasteiger partial charge in [0.1, 0.15) is 0 Å². The van der Waals surface area contributed by atoms with Crippen molar-refractivity contribution < 1.29 is 14.3 Å². The maximum atomic E-state index is 12.3. The number of amides is 1. The van der Waals surface area contributed by atoms with Crippen LogP contribution in [0.25, 0.3) is 0 Å². The third kappa shape index (κ3) is 5.25. The molecule has 1 amide bonds. The lowest BCUT2D eigenvalue weighted by atomic mass is 10.0. The van der Waals surface area contributed by atoms with Gasteiger partial charge in [0.2, 0.25) is 0 Å². The molecule has 0 heterocycles. The van der Waals surface area contributed by atoms with E-state index in [1.165, 1.54) is 7.11 Å². The number of hydrogen-bond acceptors (Lipinski definition) is 4. The van der Waals surface area contributed by atoms with Crippen LogP contribution < -0.4 is 14.8 Å². The van der Waals surface area contributed by atoms with E-state index < -0.39 is 0 Å². The summed E-state index contributed by atoms with van der Waals surface area (Å²) >= 11 is 0. The highest BCUT2D eigenvalue weighted by Crippen LogP contribution is 2.27. The van der Waals surface area contributed by atoms with Gasteiger partial charge in [-0.3, -0.25) is 4.79 Å². The Bertz CT molecular complexity index is 738. The van der Waals surface area contributed by atoms with Crippen molar-refractivity contribution in [3.63, 3.8) is 0 Å². The summed E-state index contributed by atoms with van der Waals surface area (Å²) in [5, 5.41) is 11.9. The molecule has 0 fully saturated rings. The highest BCUT2D eigenvalue weighted by Gasteiger charge is 2.15. The van der Waals surface area contributed by atoms with Crippen LogP contribution in [0.15, 0.2) is 48.5 Å². The Morgan fingerprint density at radius 1 is 1.20 bits per heavy atom. The van der Waals surface area contributed by atoms with Crippen molar-refractivity contribution in [3.05, 3.63) is 59.7 Å². The van der Waals surface area contributed by atoms with E-state index in [2.05, 4.69) is 12.2 Å². The van der Waals surface area contributed by atoms with Crippen molar-refractivity contribution in [2.24, 2.45) is 0 Å². The molecule has 0 saturated heterocycles. The second-order valence-electron chi connectivity index (χ2n) is 5.59. The first-order chi connectivity index (χ1) is 12.2. The normalized spacial score (nSPS) is 11.2. The van der Waals surface area contributed by atoms with E-state index >= 15 is 0 Å². The molecule has 1 atom stereocenters. The van der Waals surface area contributed by atoms with Gasteiger partial charge in [-0.15, -0.1) is 0 Å². The standard InChI is InChI=1S/C20H22N2O3/c1-3-7-17(16-8-5-4-6-9-16)22-20(23)14-25-18-11-10-15(13-21)12-19(18)24-2/h4-6,8-12,17H,3,7,14H2,1-2H3,(H,22,23)/t17-/m0/s1. The maximum absolute atomic E-state index is 12.3. The third-order valence-corrected chi connectivity index (χ3v) is 3.77. The second kappa shape index (κ2) is 9.33. The molecular weight excluding hydrogens is 316 g/mol. The van der Waals surface area contributed by atoms with Gasteiger partial charge in [0.05, 0.1) is 24.8 Å². The minimum absolute atomic E-state index is 0.0369. The first-order valence-electron chi connectivity index (χ1n) is 8.23. The molecule has 130 valence electrons. The molecule has 5 nitrogen and oxygen atoms in total. The number of hydrogen-bond donors (Lipinski definition) is 1. The number of nitriles is 1. The van der Waals surface area contributed by atoms with Crippen LogP contribution in [0.2, 0.25) is 0 Å². The Balaban J connectivity index is 1.99. The third-order valence-electron chi connectivity index (χ3n) is 3.77. The van der Waals surface area contributed by atoms with Crippen LogP contribution in [0.4, 0.5) is 0 Å². The molecule has 0 spiro atoms. The van der Waals surface area contributed by atoms with Gasteiger partial charge < -0.3 is 14.8 Å². The second-order valence-corrected chi connectivity index (χ2v) is 5.59. The number of carbonyl (C=O) groups excluding carboxylic acids is 1. The Kier molecular flexibility index (Phi) is 6.85. The molecule has 25 heavy (non-hydrogen) atoms. The van der Waals surface area contributed by atoms with Gasteiger partial charge in [0.25, 0.3) is 5.91 Å².